The van der Waals surface area contributed by atoms with Gasteiger partial charge < -0.3 is 15.8 Å². The van der Waals surface area contributed by atoms with Crippen molar-refractivity contribution in [2.24, 2.45) is 16.1 Å². The highest BCUT2D eigenvalue weighted by molar-refractivity contribution is 5.78. The van der Waals surface area contributed by atoms with Crippen molar-refractivity contribution in [3.63, 3.8) is 0 Å². The number of nitrogens with one attached hydrogen (secondary N) is 1. The van der Waals surface area contributed by atoms with Gasteiger partial charge in [-0.2, -0.15) is 0 Å². The number of hydrogen-bond acceptors (Lipinski definition) is 3. The Hall–Kier alpha value is -1.07. The van der Waals surface area contributed by atoms with Crippen LogP contribution in [0, 0.1) is 5.41 Å². The van der Waals surface area contributed by atoms with Gasteiger partial charge in [-0.3, -0.25) is 9.89 Å². The Kier molecular flexibility index (Phi) is 6.70. The van der Waals surface area contributed by atoms with Crippen molar-refractivity contribution in [1.29, 1.82) is 0 Å². The number of aliphatic imine (C=N–C) groups is 1. The summed E-state index contributed by atoms with van der Waals surface area (Å²) in [5.74, 6) is 0.551. The molecule has 0 aromatic rings. The molecule has 5 heteroatoms. The first-order chi connectivity index (χ1) is 10.6. The van der Waals surface area contributed by atoms with Gasteiger partial charge in [0.05, 0.1) is 13.2 Å². The molecule has 0 amide bonds. The van der Waals surface area contributed by atoms with Crippen molar-refractivity contribution in [3.05, 3.63) is 12.2 Å². The molecule has 1 saturated carbocycles. The number of rotatable bonds is 6. The molecule has 1 aliphatic heterocycles. The molecule has 0 aromatic carbocycles. The fourth-order valence-electron chi connectivity index (χ4n) is 3.45. The first-order valence-corrected chi connectivity index (χ1v) is 8.58. The van der Waals surface area contributed by atoms with Gasteiger partial charge in [-0.1, -0.05) is 31.4 Å². The molecule has 1 heterocycles. The zero-order valence-electron chi connectivity index (χ0n) is 14.1. The second kappa shape index (κ2) is 8.53. The number of nitrogens with zero attached hydrogens (tertiary/aromatic N) is 2. The Bertz CT molecular complexity index is 382. The van der Waals surface area contributed by atoms with Crippen molar-refractivity contribution >= 4 is 5.96 Å². The monoisotopic (exact) mass is 308 g/mol. The minimum atomic E-state index is 0.297. The van der Waals surface area contributed by atoms with Gasteiger partial charge in [-0.15, -0.1) is 0 Å². The van der Waals surface area contributed by atoms with Crippen LogP contribution >= 0.6 is 0 Å². The van der Waals surface area contributed by atoms with Crippen molar-refractivity contribution in [1.82, 2.24) is 10.2 Å². The molecule has 22 heavy (non-hydrogen) atoms. The minimum absolute atomic E-state index is 0.297. The quantitative estimate of drug-likeness (QED) is 0.446. The van der Waals surface area contributed by atoms with Crippen LogP contribution in [0.1, 0.15) is 39.0 Å². The molecule has 1 aliphatic carbocycles. The third-order valence-electron chi connectivity index (χ3n) is 4.73. The molecule has 2 rings (SSSR count). The minimum Gasteiger partial charge on any atom is -0.379 e. The standard InChI is InChI=1S/C17H32N4O/c1-15(2)12-19-16(18)20-13-17(6-4-3-5-7-17)14-21-8-10-22-11-9-21/h1,3-14H2,2H3,(H3,18,19,20). The second-order valence-corrected chi connectivity index (χ2v) is 6.96. The maximum absolute atomic E-state index is 6.00. The molecule has 1 saturated heterocycles. The molecule has 2 fully saturated rings. The average Bonchev–Trinajstić information content (AvgIpc) is 2.53. The maximum atomic E-state index is 6.00. The number of morpholine rings is 1. The van der Waals surface area contributed by atoms with E-state index in [1.54, 1.807) is 0 Å². The molecule has 0 spiro atoms. The number of nitrogens with two attached hydrogens (primary N) is 1. The van der Waals surface area contributed by atoms with Crippen LogP contribution in [0.15, 0.2) is 17.1 Å². The van der Waals surface area contributed by atoms with Crippen LogP contribution in [-0.4, -0.2) is 56.8 Å². The van der Waals surface area contributed by atoms with E-state index in [0.717, 1.165) is 45.0 Å². The van der Waals surface area contributed by atoms with E-state index in [1.165, 1.54) is 32.1 Å². The summed E-state index contributed by atoms with van der Waals surface area (Å²) in [6.45, 7) is 12.4. The van der Waals surface area contributed by atoms with Gasteiger partial charge in [0.15, 0.2) is 5.96 Å². The number of ether oxygens (including phenoxy) is 1. The zero-order valence-corrected chi connectivity index (χ0v) is 14.1. The van der Waals surface area contributed by atoms with Gasteiger partial charge >= 0.3 is 0 Å². The Labute approximate surface area is 135 Å². The largest absolute Gasteiger partial charge is 0.379 e. The van der Waals surface area contributed by atoms with E-state index < -0.39 is 0 Å². The summed E-state index contributed by atoms with van der Waals surface area (Å²) in [6, 6.07) is 0. The predicted octanol–water partition coefficient (Wildman–Crippen LogP) is 1.75. The topological polar surface area (TPSA) is 62.9 Å². The smallest absolute Gasteiger partial charge is 0.188 e. The van der Waals surface area contributed by atoms with E-state index in [9.17, 15) is 0 Å². The molecule has 0 aromatic heterocycles. The van der Waals surface area contributed by atoms with E-state index in [0.29, 0.717) is 17.9 Å². The highest BCUT2D eigenvalue weighted by atomic mass is 16.5. The highest BCUT2D eigenvalue weighted by Crippen LogP contribution is 2.37. The number of guanidine groups is 1. The summed E-state index contributed by atoms with van der Waals surface area (Å²) >= 11 is 0. The summed E-state index contributed by atoms with van der Waals surface area (Å²) < 4.78 is 5.47. The van der Waals surface area contributed by atoms with Gasteiger partial charge in [-0.05, 0) is 19.8 Å². The van der Waals surface area contributed by atoms with Gasteiger partial charge in [0.25, 0.3) is 0 Å². The van der Waals surface area contributed by atoms with Crippen molar-refractivity contribution in [2.75, 3.05) is 45.9 Å². The Morgan fingerprint density at radius 3 is 2.59 bits per heavy atom. The van der Waals surface area contributed by atoms with Crippen LogP contribution in [-0.2, 0) is 4.74 Å². The van der Waals surface area contributed by atoms with E-state index in [1.807, 2.05) is 6.92 Å². The van der Waals surface area contributed by atoms with Crippen molar-refractivity contribution < 1.29 is 4.74 Å². The molecule has 0 radical (unpaired) electrons. The number of hydrogen-bond donors (Lipinski definition) is 2. The van der Waals surface area contributed by atoms with E-state index in [4.69, 9.17) is 10.5 Å². The molecule has 0 bridgehead atoms. The molecule has 0 atom stereocenters. The maximum Gasteiger partial charge on any atom is 0.188 e. The third kappa shape index (κ3) is 5.61. The highest BCUT2D eigenvalue weighted by Gasteiger charge is 2.34. The first-order valence-electron chi connectivity index (χ1n) is 8.58. The summed E-state index contributed by atoms with van der Waals surface area (Å²) in [5.41, 5.74) is 7.36. The SMILES string of the molecule is C=C(C)CNC(N)=NCC1(CN2CCOCC2)CCCCC1. The van der Waals surface area contributed by atoms with Crippen LogP contribution in [0.2, 0.25) is 0 Å². The normalized spacial score (nSPS) is 23.2. The summed E-state index contributed by atoms with van der Waals surface area (Å²) in [4.78, 5) is 7.19. The van der Waals surface area contributed by atoms with Gasteiger partial charge in [0.1, 0.15) is 0 Å². The summed E-state index contributed by atoms with van der Waals surface area (Å²) in [5, 5.41) is 3.14. The van der Waals surface area contributed by atoms with Gasteiger partial charge in [0, 0.05) is 38.1 Å². The summed E-state index contributed by atoms with van der Waals surface area (Å²) in [6.07, 6.45) is 6.53. The Morgan fingerprint density at radius 2 is 1.95 bits per heavy atom. The van der Waals surface area contributed by atoms with E-state index >= 15 is 0 Å². The molecular weight excluding hydrogens is 276 g/mol. The molecule has 126 valence electrons. The van der Waals surface area contributed by atoms with E-state index in [-0.39, 0.29) is 0 Å². The average molecular weight is 308 g/mol. The van der Waals surface area contributed by atoms with Crippen LogP contribution in [0.4, 0.5) is 0 Å². The summed E-state index contributed by atoms with van der Waals surface area (Å²) in [7, 11) is 0. The van der Waals surface area contributed by atoms with Crippen molar-refractivity contribution in [2.45, 2.75) is 39.0 Å². The van der Waals surface area contributed by atoms with Crippen LogP contribution < -0.4 is 11.1 Å². The van der Waals surface area contributed by atoms with Crippen LogP contribution in [0.3, 0.4) is 0 Å². The first kappa shape index (κ1) is 17.3. The Balaban J connectivity index is 1.92. The van der Waals surface area contributed by atoms with Crippen LogP contribution in [0.5, 0.6) is 0 Å². The fourth-order valence-corrected chi connectivity index (χ4v) is 3.45. The lowest BCUT2D eigenvalue weighted by Crippen LogP contribution is -2.46. The molecular formula is C17H32N4O. The van der Waals surface area contributed by atoms with Crippen molar-refractivity contribution in [3.8, 4) is 0 Å². The van der Waals surface area contributed by atoms with Gasteiger partial charge in [-0.25, -0.2) is 0 Å². The lowest BCUT2D eigenvalue weighted by molar-refractivity contribution is 0.00939. The second-order valence-electron chi connectivity index (χ2n) is 6.96. The lowest BCUT2D eigenvalue weighted by atomic mass is 9.73. The van der Waals surface area contributed by atoms with E-state index in [2.05, 4.69) is 21.8 Å². The zero-order chi connectivity index (χ0) is 15.8. The molecule has 3 N–H and O–H groups in total. The molecule has 2 aliphatic rings. The van der Waals surface area contributed by atoms with Gasteiger partial charge in [0.2, 0.25) is 0 Å². The predicted molar refractivity (Wildman–Crippen MR) is 92.1 cm³/mol. The molecule has 0 unspecified atom stereocenters. The fraction of sp³-hybridized carbons (Fsp3) is 0.824. The third-order valence-corrected chi connectivity index (χ3v) is 4.73. The molecule has 5 nitrogen and oxygen atoms in total. The Morgan fingerprint density at radius 1 is 1.27 bits per heavy atom. The lowest BCUT2D eigenvalue weighted by Gasteiger charge is -2.41. The van der Waals surface area contributed by atoms with Crippen LogP contribution in [0.25, 0.3) is 0 Å².